The second-order valence-electron chi connectivity index (χ2n) is 8.24. The van der Waals surface area contributed by atoms with Crippen LogP contribution in [0.5, 0.6) is 0 Å². The van der Waals surface area contributed by atoms with E-state index >= 15 is 0 Å². The van der Waals surface area contributed by atoms with E-state index in [1.807, 2.05) is 30.3 Å². The summed E-state index contributed by atoms with van der Waals surface area (Å²) in [6.45, 7) is 2.31. The summed E-state index contributed by atoms with van der Waals surface area (Å²) < 4.78 is 0.751. The molecule has 2 fully saturated rings. The number of aromatic amines is 1. The van der Waals surface area contributed by atoms with Gasteiger partial charge in [0.05, 0.1) is 16.9 Å². The smallest absolute Gasteiger partial charge is 0.250 e. The molecular weight excluding hydrogens is 458 g/mol. The van der Waals surface area contributed by atoms with E-state index in [-0.39, 0.29) is 11.5 Å². The van der Waals surface area contributed by atoms with Crippen molar-refractivity contribution in [3.63, 3.8) is 0 Å². The van der Waals surface area contributed by atoms with Crippen LogP contribution in [0.25, 0.3) is 11.0 Å². The summed E-state index contributed by atoms with van der Waals surface area (Å²) in [5.74, 6) is 0.921. The fourth-order valence-corrected chi connectivity index (χ4v) is 4.38. The molecule has 0 radical (unpaired) electrons. The number of nitrogens with one attached hydrogen (secondary N) is 1. The van der Waals surface area contributed by atoms with Crippen LogP contribution in [-0.2, 0) is 4.84 Å². The Morgan fingerprint density at radius 2 is 2.03 bits per heavy atom. The van der Waals surface area contributed by atoms with Gasteiger partial charge in [-0.3, -0.25) is 9.78 Å². The Kier molecular flexibility index (Phi) is 5.72. The monoisotopic (exact) mass is 481 g/mol. The van der Waals surface area contributed by atoms with Gasteiger partial charge in [-0.2, -0.15) is 0 Å². The molecule has 1 saturated carbocycles. The van der Waals surface area contributed by atoms with Crippen molar-refractivity contribution in [3.05, 3.63) is 63.2 Å². The Bertz CT molecular complexity index is 1150. The molecule has 1 aliphatic heterocycles. The molecule has 4 heterocycles. The number of aromatic nitrogens is 3. The number of fused-ring (bicyclic) bond motifs is 1. The molecule has 5 rings (SSSR count). The van der Waals surface area contributed by atoms with Gasteiger partial charge in [-0.1, -0.05) is 11.2 Å². The summed E-state index contributed by atoms with van der Waals surface area (Å²) in [4.78, 5) is 32.1. The number of hydrogen-bond acceptors (Lipinski definition) is 6. The topological polar surface area (TPSA) is 83.5 Å². The third-order valence-electron chi connectivity index (χ3n) is 5.95. The van der Waals surface area contributed by atoms with Gasteiger partial charge in [0.25, 0.3) is 5.56 Å². The normalized spacial score (nSPS) is 17.8. The number of H-pyrrole nitrogens is 1. The van der Waals surface area contributed by atoms with Gasteiger partial charge in [-0.15, -0.1) is 0 Å². The summed E-state index contributed by atoms with van der Waals surface area (Å²) in [5, 5.41) is 4.53. The average molecular weight is 482 g/mol. The Morgan fingerprint density at radius 1 is 1.19 bits per heavy atom. The predicted molar refractivity (Wildman–Crippen MR) is 124 cm³/mol. The van der Waals surface area contributed by atoms with Crippen LogP contribution >= 0.6 is 15.9 Å². The quantitative estimate of drug-likeness (QED) is 0.325. The lowest BCUT2D eigenvalue weighted by molar-refractivity contribution is 0.132. The lowest BCUT2D eigenvalue weighted by Crippen LogP contribution is -2.37. The van der Waals surface area contributed by atoms with Crippen molar-refractivity contribution in [3.8, 4) is 0 Å². The first-order valence-corrected chi connectivity index (χ1v) is 11.5. The number of anilines is 1. The highest BCUT2D eigenvalue weighted by atomic mass is 79.9. The van der Waals surface area contributed by atoms with Crippen LogP contribution < -0.4 is 10.5 Å². The summed E-state index contributed by atoms with van der Waals surface area (Å²) in [6, 6.07) is 11.3. The molecule has 8 heteroatoms. The summed E-state index contributed by atoms with van der Waals surface area (Å²) in [5.41, 5.74) is 4.12. The lowest BCUT2D eigenvalue weighted by atomic mass is 9.89. The highest BCUT2D eigenvalue weighted by molar-refractivity contribution is 9.10. The van der Waals surface area contributed by atoms with E-state index in [2.05, 4.69) is 40.9 Å². The van der Waals surface area contributed by atoms with Crippen molar-refractivity contribution in [2.75, 3.05) is 24.6 Å². The third-order valence-corrected chi connectivity index (χ3v) is 6.39. The molecule has 0 unspecified atom stereocenters. The van der Waals surface area contributed by atoms with E-state index in [4.69, 9.17) is 4.84 Å². The molecule has 0 spiro atoms. The largest absolute Gasteiger partial charge is 0.395 e. The Hall–Kier alpha value is -2.74. The minimum atomic E-state index is -0.113. The van der Waals surface area contributed by atoms with Crippen LogP contribution in [0, 0.1) is 11.8 Å². The second-order valence-corrected chi connectivity index (χ2v) is 9.05. The molecular formula is C23H24BrN5O2. The molecule has 3 aromatic rings. The SMILES string of the molecule is O=c1cc(N2CCC(/C(=N/OCC3CC3)c3ccccn3)CC2)c2nc(Br)ccc2[nH]1. The van der Waals surface area contributed by atoms with E-state index in [1.54, 1.807) is 12.3 Å². The second kappa shape index (κ2) is 8.78. The van der Waals surface area contributed by atoms with Crippen molar-refractivity contribution < 1.29 is 4.84 Å². The maximum atomic E-state index is 12.2. The minimum absolute atomic E-state index is 0.113. The molecule has 31 heavy (non-hydrogen) atoms. The van der Waals surface area contributed by atoms with Crippen molar-refractivity contribution in [2.45, 2.75) is 25.7 Å². The highest BCUT2D eigenvalue weighted by Crippen LogP contribution is 2.31. The predicted octanol–water partition coefficient (Wildman–Crippen LogP) is 4.13. The van der Waals surface area contributed by atoms with Gasteiger partial charge >= 0.3 is 0 Å². The highest BCUT2D eigenvalue weighted by Gasteiger charge is 2.28. The number of rotatable bonds is 6. The fourth-order valence-electron chi connectivity index (χ4n) is 4.07. The van der Waals surface area contributed by atoms with Crippen LogP contribution in [0.15, 0.2) is 57.1 Å². The zero-order chi connectivity index (χ0) is 21.2. The molecule has 1 saturated heterocycles. The molecule has 2 aliphatic rings. The summed E-state index contributed by atoms with van der Waals surface area (Å²) >= 11 is 3.44. The van der Waals surface area contributed by atoms with Gasteiger partial charge < -0.3 is 14.7 Å². The van der Waals surface area contributed by atoms with E-state index in [1.165, 1.54) is 12.8 Å². The van der Waals surface area contributed by atoms with Gasteiger partial charge in [0.15, 0.2) is 0 Å². The van der Waals surface area contributed by atoms with Crippen molar-refractivity contribution >= 4 is 38.4 Å². The first-order valence-electron chi connectivity index (χ1n) is 10.7. The standard InChI is InChI=1S/C23H24BrN5O2/c24-20-7-6-18-23(27-20)19(13-21(30)26-18)29-11-8-16(9-12-29)22(17-3-1-2-10-25-17)28-31-14-15-4-5-15/h1-3,6-7,10,13,15-16H,4-5,8-9,11-12,14H2,(H,26,30)/b28-22-. The van der Waals surface area contributed by atoms with Crippen LogP contribution in [0.2, 0.25) is 0 Å². The number of piperidine rings is 1. The van der Waals surface area contributed by atoms with E-state index < -0.39 is 0 Å². The van der Waals surface area contributed by atoms with Gasteiger partial charge in [0, 0.05) is 31.3 Å². The number of hydrogen-bond donors (Lipinski definition) is 1. The van der Waals surface area contributed by atoms with E-state index in [0.29, 0.717) is 12.5 Å². The van der Waals surface area contributed by atoms with Gasteiger partial charge in [0.2, 0.25) is 0 Å². The molecule has 0 bridgehead atoms. The van der Waals surface area contributed by atoms with Crippen molar-refractivity contribution in [1.82, 2.24) is 15.0 Å². The van der Waals surface area contributed by atoms with E-state index in [0.717, 1.165) is 58.7 Å². The zero-order valence-electron chi connectivity index (χ0n) is 17.1. The number of oxime groups is 1. The first kappa shape index (κ1) is 20.2. The Balaban J connectivity index is 1.37. The molecule has 1 N–H and O–H groups in total. The van der Waals surface area contributed by atoms with Gasteiger partial charge in [-0.25, -0.2) is 4.98 Å². The fraction of sp³-hybridized carbons (Fsp3) is 0.391. The van der Waals surface area contributed by atoms with Crippen molar-refractivity contribution in [2.24, 2.45) is 17.0 Å². The van der Waals surface area contributed by atoms with Crippen LogP contribution in [-0.4, -0.2) is 40.4 Å². The number of nitrogens with zero attached hydrogens (tertiary/aromatic N) is 4. The van der Waals surface area contributed by atoms with Crippen LogP contribution in [0.3, 0.4) is 0 Å². The molecule has 3 aromatic heterocycles. The zero-order valence-corrected chi connectivity index (χ0v) is 18.7. The Morgan fingerprint density at radius 3 is 2.77 bits per heavy atom. The van der Waals surface area contributed by atoms with Crippen molar-refractivity contribution in [1.29, 1.82) is 0 Å². The number of pyridine rings is 3. The average Bonchev–Trinajstić information content (AvgIpc) is 3.62. The molecule has 0 amide bonds. The third kappa shape index (κ3) is 4.63. The summed E-state index contributed by atoms with van der Waals surface area (Å²) in [7, 11) is 0. The maximum absolute atomic E-state index is 12.2. The summed E-state index contributed by atoms with van der Waals surface area (Å²) in [6.07, 6.45) is 6.09. The van der Waals surface area contributed by atoms with Gasteiger partial charge in [-0.05, 0) is 71.8 Å². The number of halogens is 1. The Labute approximate surface area is 188 Å². The van der Waals surface area contributed by atoms with E-state index in [9.17, 15) is 4.79 Å². The lowest BCUT2D eigenvalue weighted by Gasteiger charge is -2.34. The van der Waals surface area contributed by atoms with Crippen LogP contribution in [0.1, 0.15) is 31.4 Å². The first-order chi connectivity index (χ1) is 15.2. The molecule has 0 aromatic carbocycles. The van der Waals surface area contributed by atoms with Crippen LogP contribution in [0.4, 0.5) is 5.69 Å². The molecule has 160 valence electrons. The minimum Gasteiger partial charge on any atom is -0.395 e. The molecule has 7 nitrogen and oxygen atoms in total. The molecule has 1 aliphatic carbocycles. The maximum Gasteiger partial charge on any atom is 0.250 e. The van der Waals surface area contributed by atoms with Gasteiger partial charge in [0.1, 0.15) is 22.4 Å². The molecule has 0 atom stereocenters.